The minimum atomic E-state index is 0.790. The molecule has 0 saturated heterocycles. The summed E-state index contributed by atoms with van der Waals surface area (Å²) in [5.41, 5.74) is 1.25. The lowest BCUT2D eigenvalue weighted by Gasteiger charge is -2.25. The van der Waals surface area contributed by atoms with E-state index in [2.05, 4.69) is 27.3 Å². The van der Waals surface area contributed by atoms with Gasteiger partial charge in [0.2, 0.25) is 0 Å². The van der Waals surface area contributed by atoms with Gasteiger partial charge in [0, 0.05) is 11.0 Å². The average molecular weight is 289 g/mol. The maximum Gasteiger partial charge on any atom is 0.0551 e. The summed E-state index contributed by atoms with van der Waals surface area (Å²) >= 11 is 9.41. The SMILES string of the molecule is Clc1cc(CNCC2CCC2)ccc1Br. The summed E-state index contributed by atoms with van der Waals surface area (Å²) in [5.74, 6) is 0.913. The summed E-state index contributed by atoms with van der Waals surface area (Å²) in [6.07, 6.45) is 4.21. The molecule has 1 aromatic carbocycles. The molecule has 82 valence electrons. The molecule has 1 nitrogen and oxygen atoms in total. The third kappa shape index (κ3) is 3.20. The van der Waals surface area contributed by atoms with Crippen LogP contribution in [0.3, 0.4) is 0 Å². The van der Waals surface area contributed by atoms with Crippen LogP contribution in [0.25, 0.3) is 0 Å². The van der Waals surface area contributed by atoms with Gasteiger partial charge in [0.15, 0.2) is 0 Å². The fourth-order valence-corrected chi connectivity index (χ4v) is 2.22. The second kappa shape index (κ2) is 5.33. The van der Waals surface area contributed by atoms with Gasteiger partial charge in [-0.05, 0) is 58.9 Å². The highest BCUT2D eigenvalue weighted by Crippen LogP contribution is 2.26. The van der Waals surface area contributed by atoms with Gasteiger partial charge in [-0.3, -0.25) is 0 Å². The van der Waals surface area contributed by atoms with E-state index in [1.165, 1.54) is 24.8 Å². The van der Waals surface area contributed by atoms with E-state index >= 15 is 0 Å². The van der Waals surface area contributed by atoms with Gasteiger partial charge in [-0.15, -0.1) is 0 Å². The van der Waals surface area contributed by atoms with E-state index in [0.29, 0.717) is 0 Å². The normalized spacial score (nSPS) is 16.4. The van der Waals surface area contributed by atoms with Crippen LogP contribution in [0.1, 0.15) is 24.8 Å². The van der Waals surface area contributed by atoms with Crippen molar-refractivity contribution in [2.24, 2.45) is 5.92 Å². The molecule has 1 aliphatic carbocycles. The number of halogens is 2. The van der Waals surface area contributed by atoms with E-state index in [-0.39, 0.29) is 0 Å². The monoisotopic (exact) mass is 287 g/mol. The molecule has 0 amide bonds. The maximum atomic E-state index is 6.02. The van der Waals surface area contributed by atoms with Crippen molar-refractivity contribution in [3.8, 4) is 0 Å². The molecule has 0 bridgehead atoms. The zero-order chi connectivity index (χ0) is 10.7. The number of nitrogens with one attached hydrogen (secondary N) is 1. The molecule has 2 rings (SSSR count). The Morgan fingerprint density at radius 2 is 2.20 bits per heavy atom. The largest absolute Gasteiger partial charge is 0.312 e. The lowest BCUT2D eigenvalue weighted by molar-refractivity contribution is 0.301. The molecule has 0 atom stereocenters. The second-order valence-corrected chi connectivity index (χ2v) is 5.44. The standard InChI is InChI=1S/C12H15BrClN/c13-11-5-4-10(6-12(11)14)8-15-7-9-2-1-3-9/h4-6,9,15H,1-3,7-8H2. The zero-order valence-electron chi connectivity index (χ0n) is 8.60. The molecule has 0 radical (unpaired) electrons. The van der Waals surface area contributed by atoms with Crippen LogP contribution in [0.2, 0.25) is 5.02 Å². The first-order chi connectivity index (χ1) is 7.25. The predicted octanol–water partition coefficient (Wildman–Crippen LogP) is 3.99. The molecule has 1 N–H and O–H groups in total. The minimum Gasteiger partial charge on any atom is -0.312 e. The lowest BCUT2D eigenvalue weighted by atomic mass is 9.85. The van der Waals surface area contributed by atoms with Gasteiger partial charge in [-0.1, -0.05) is 24.1 Å². The van der Waals surface area contributed by atoms with Crippen molar-refractivity contribution >= 4 is 27.5 Å². The smallest absolute Gasteiger partial charge is 0.0551 e. The first kappa shape index (κ1) is 11.4. The molecule has 1 aliphatic rings. The van der Waals surface area contributed by atoms with Gasteiger partial charge < -0.3 is 5.32 Å². The Morgan fingerprint density at radius 3 is 2.80 bits per heavy atom. The van der Waals surface area contributed by atoms with E-state index in [1.807, 2.05) is 12.1 Å². The van der Waals surface area contributed by atoms with Crippen LogP contribution < -0.4 is 5.32 Å². The van der Waals surface area contributed by atoms with Crippen molar-refractivity contribution < 1.29 is 0 Å². The van der Waals surface area contributed by atoms with E-state index in [1.54, 1.807) is 0 Å². The predicted molar refractivity (Wildman–Crippen MR) is 68.2 cm³/mol. The van der Waals surface area contributed by atoms with Gasteiger partial charge in [-0.25, -0.2) is 0 Å². The number of hydrogen-bond donors (Lipinski definition) is 1. The lowest BCUT2D eigenvalue weighted by Crippen LogP contribution is -2.26. The minimum absolute atomic E-state index is 0.790. The Morgan fingerprint density at radius 1 is 1.40 bits per heavy atom. The van der Waals surface area contributed by atoms with Gasteiger partial charge in [0.05, 0.1) is 5.02 Å². The van der Waals surface area contributed by atoms with E-state index in [0.717, 1.165) is 28.5 Å². The van der Waals surface area contributed by atoms with Gasteiger partial charge in [0.25, 0.3) is 0 Å². The van der Waals surface area contributed by atoms with Crippen molar-refractivity contribution in [1.29, 1.82) is 0 Å². The topological polar surface area (TPSA) is 12.0 Å². The van der Waals surface area contributed by atoms with Crippen LogP contribution in [0.4, 0.5) is 0 Å². The fourth-order valence-electron chi connectivity index (χ4n) is 1.77. The summed E-state index contributed by atoms with van der Waals surface area (Å²) in [6, 6.07) is 6.12. The first-order valence-corrected chi connectivity index (χ1v) is 6.57. The molecule has 3 heteroatoms. The van der Waals surface area contributed by atoms with E-state index in [9.17, 15) is 0 Å². The van der Waals surface area contributed by atoms with Crippen LogP contribution >= 0.6 is 27.5 Å². The highest BCUT2D eigenvalue weighted by atomic mass is 79.9. The number of hydrogen-bond acceptors (Lipinski definition) is 1. The van der Waals surface area contributed by atoms with Crippen molar-refractivity contribution in [1.82, 2.24) is 5.32 Å². The molecule has 0 unspecified atom stereocenters. The quantitative estimate of drug-likeness (QED) is 0.883. The summed E-state index contributed by atoms with van der Waals surface area (Å²) in [6.45, 7) is 2.07. The molecule has 1 aromatic rings. The van der Waals surface area contributed by atoms with Crippen LogP contribution in [-0.2, 0) is 6.54 Å². The summed E-state index contributed by atoms with van der Waals surface area (Å²) in [5, 5.41) is 4.27. The number of benzene rings is 1. The summed E-state index contributed by atoms with van der Waals surface area (Å²) < 4.78 is 0.965. The van der Waals surface area contributed by atoms with E-state index in [4.69, 9.17) is 11.6 Å². The number of rotatable bonds is 4. The Labute approximate surface area is 104 Å². The van der Waals surface area contributed by atoms with Crippen molar-refractivity contribution in [3.05, 3.63) is 33.3 Å². The van der Waals surface area contributed by atoms with Crippen molar-refractivity contribution in [2.45, 2.75) is 25.8 Å². The molecular weight excluding hydrogens is 273 g/mol. The van der Waals surface area contributed by atoms with Crippen LogP contribution in [0.5, 0.6) is 0 Å². The average Bonchev–Trinajstić information content (AvgIpc) is 2.15. The molecule has 1 fully saturated rings. The van der Waals surface area contributed by atoms with Gasteiger partial charge >= 0.3 is 0 Å². The van der Waals surface area contributed by atoms with Crippen LogP contribution in [0, 0.1) is 5.92 Å². The first-order valence-electron chi connectivity index (χ1n) is 5.40. The molecule has 0 heterocycles. The molecule has 0 aromatic heterocycles. The van der Waals surface area contributed by atoms with Crippen molar-refractivity contribution in [3.63, 3.8) is 0 Å². The van der Waals surface area contributed by atoms with Crippen LogP contribution in [0.15, 0.2) is 22.7 Å². The summed E-state index contributed by atoms with van der Waals surface area (Å²) in [4.78, 5) is 0. The Bertz CT molecular complexity index is 336. The highest BCUT2D eigenvalue weighted by molar-refractivity contribution is 9.10. The van der Waals surface area contributed by atoms with Gasteiger partial charge in [0.1, 0.15) is 0 Å². The molecule has 1 saturated carbocycles. The highest BCUT2D eigenvalue weighted by Gasteiger charge is 2.16. The molecule has 15 heavy (non-hydrogen) atoms. The maximum absolute atomic E-state index is 6.02. The van der Waals surface area contributed by atoms with Gasteiger partial charge in [-0.2, -0.15) is 0 Å². The zero-order valence-corrected chi connectivity index (χ0v) is 10.9. The summed E-state index contributed by atoms with van der Waals surface area (Å²) in [7, 11) is 0. The van der Waals surface area contributed by atoms with Crippen LogP contribution in [-0.4, -0.2) is 6.54 Å². The third-order valence-corrected chi connectivity index (χ3v) is 4.20. The fraction of sp³-hybridized carbons (Fsp3) is 0.500. The Hall–Kier alpha value is -0.0500. The third-order valence-electron chi connectivity index (χ3n) is 2.97. The molecular formula is C12H15BrClN. The van der Waals surface area contributed by atoms with E-state index < -0.39 is 0 Å². The second-order valence-electron chi connectivity index (χ2n) is 4.18. The Kier molecular flexibility index (Phi) is 4.06. The Balaban J connectivity index is 1.79. The van der Waals surface area contributed by atoms with Crippen molar-refractivity contribution in [2.75, 3.05) is 6.54 Å². The molecule has 0 aliphatic heterocycles. The molecule has 0 spiro atoms.